The van der Waals surface area contributed by atoms with E-state index >= 15 is 0 Å². The first-order chi connectivity index (χ1) is 28.4. The average Bonchev–Trinajstić information content (AvgIpc) is 3.74. The van der Waals surface area contributed by atoms with E-state index in [1.807, 2.05) is 39.0 Å². The monoisotopic (exact) mass is 813 g/mol. The van der Waals surface area contributed by atoms with E-state index in [2.05, 4.69) is 56.5 Å². The molecule has 3 aliphatic carbocycles. The summed E-state index contributed by atoms with van der Waals surface area (Å²) in [6, 6.07) is 11.8. The maximum atomic E-state index is 14.7. The molecule has 4 aliphatic rings. The van der Waals surface area contributed by atoms with Gasteiger partial charge in [0.1, 0.15) is 28.9 Å². The van der Waals surface area contributed by atoms with E-state index in [-0.39, 0.29) is 49.4 Å². The molecule has 6 unspecified atom stereocenters. The number of amides is 1. The number of unbranched alkanes of at least 4 members (excludes halogenated alkanes) is 2. The summed E-state index contributed by atoms with van der Waals surface area (Å²) in [5.74, 6) is 1.55. The number of ether oxygens (including phenoxy) is 3. The summed E-state index contributed by atoms with van der Waals surface area (Å²) in [5.41, 5.74) is 4.77. The van der Waals surface area contributed by atoms with Crippen LogP contribution >= 0.6 is 0 Å². The molecule has 324 valence electrons. The second kappa shape index (κ2) is 20.3. The molecule has 0 spiro atoms. The van der Waals surface area contributed by atoms with Gasteiger partial charge >= 0.3 is 0 Å². The zero-order valence-electron chi connectivity index (χ0n) is 36.8. The smallest absolute Gasteiger partial charge is 0.239 e. The number of aliphatic hydroxyl groups is 2. The predicted molar refractivity (Wildman–Crippen MR) is 235 cm³/mol. The van der Waals surface area contributed by atoms with E-state index in [0.29, 0.717) is 31.7 Å². The van der Waals surface area contributed by atoms with Crippen LogP contribution in [0.5, 0.6) is 17.2 Å². The zero-order chi connectivity index (χ0) is 42.2. The number of benzene rings is 2. The van der Waals surface area contributed by atoms with Gasteiger partial charge in [-0.2, -0.15) is 0 Å². The van der Waals surface area contributed by atoms with Crippen LogP contribution in [0.25, 0.3) is 0 Å². The van der Waals surface area contributed by atoms with Gasteiger partial charge in [-0.1, -0.05) is 68.8 Å². The predicted octanol–water partition coefficient (Wildman–Crippen LogP) is 10.7. The van der Waals surface area contributed by atoms with Crippen LogP contribution in [0.1, 0.15) is 140 Å². The Morgan fingerprint density at radius 3 is 2.37 bits per heavy atom. The Morgan fingerprint density at radius 2 is 1.69 bits per heavy atom. The second-order valence-electron chi connectivity index (χ2n) is 18.6. The molecule has 1 amide bonds. The van der Waals surface area contributed by atoms with Gasteiger partial charge in [0.05, 0.1) is 18.2 Å². The summed E-state index contributed by atoms with van der Waals surface area (Å²) in [6.45, 7) is 17.5. The third-order valence-corrected chi connectivity index (χ3v) is 13.2. The highest BCUT2D eigenvalue weighted by Gasteiger charge is 2.65. The highest BCUT2D eigenvalue weighted by Crippen LogP contribution is 2.62. The Bertz CT molecular complexity index is 1790. The van der Waals surface area contributed by atoms with Gasteiger partial charge in [-0.15, -0.1) is 6.58 Å². The second-order valence-corrected chi connectivity index (χ2v) is 18.6. The maximum Gasteiger partial charge on any atom is 0.239 e. The van der Waals surface area contributed by atoms with E-state index in [4.69, 9.17) is 24.2 Å². The van der Waals surface area contributed by atoms with Gasteiger partial charge in [0.25, 0.3) is 0 Å². The van der Waals surface area contributed by atoms with Crippen molar-refractivity contribution in [3.63, 3.8) is 0 Å². The molecule has 1 heterocycles. The fourth-order valence-electron chi connectivity index (χ4n) is 10.3. The minimum atomic E-state index is -1.25. The van der Waals surface area contributed by atoms with Crippen molar-refractivity contribution in [2.45, 2.75) is 155 Å². The Morgan fingerprint density at radius 1 is 0.983 bits per heavy atom. The molecule has 2 N–H and O–H groups in total. The summed E-state index contributed by atoms with van der Waals surface area (Å²) < 4.78 is 21.2. The van der Waals surface area contributed by atoms with Crippen LogP contribution in [-0.2, 0) is 14.4 Å². The minimum absolute atomic E-state index is 0.107. The maximum absolute atomic E-state index is 14.7. The van der Waals surface area contributed by atoms with Crippen molar-refractivity contribution in [1.82, 2.24) is 4.90 Å². The lowest BCUT2D eigenvalue weighted by Gasteiger charge is -2.60. The van der Waals surface area contributed by atoms with Crippen molar-refractivity contribution in [2.24, 2.45) is 28.8 Å². The number of oxime groups is 1. The molecular formula is C50H72N2O7. The van der Waals surface area contributed by atoms with Crippen LogP contribution in [0.2, 0.25) is 0 Å². The van der Waals surface area contributed by atoms with Gasteiger partial charge in [-0.25, -0.2) is 0 Å². The van der Waals surface area contributed by atoms with Crippen molar-refractivity contribution in [2.75, 3.05) is 26.4 Å². The number of hydrogen-bond donors (Lipinski definition) is 2. The molecule has 1 aliphatic heterocycles. The molecule has 0 radical (unpaired) electrons. The average molecular weight is 813 g/mol. The molecule has 0 saturated heterocycles. The lowest BCUT2D eigenvalue weighted by Crippen LogP contribution is -2.70. The molecule has 59 heavy (non-hydrogen) atoms. The van der Waals surface area contributed by atoms with E-state index in [1.54, 1.807) is 6.08 Å². The molecule has 2 fully saturated rings. The molecule has 0 aromatic heterocycles. The fourth-order valence-corrected chi connectivity index (χ4v) is 10.3. The van der Waals surface area contributed by atoms with Crippen LogP contribution in [0, 0.1) is 37.5 Å². The molecular weight excluding hydrogens is 741 g/mol. The number of fused-ring (bicyclic) bond motifs is 2. The van der Waals surface area contributed by atoms with Crippen LogP contribution in [0.3, 0.4) is 0 Å². The SMILES string of the molecule is C=CCOC12Oc3ccc(Oc4ccc(C)c(C)c4)cc3C3C(CCCCO)C(CCCCO)C=C(C(=NOC(C)(C)C)CC1N(CCC)C(=O)CCC1CCCC1)C32. The Balaban J connectivity index is 1.56. The van der Waals surface area contributed by atoms with Crippen LogP contribution < -0.4 is 9.47 Å². The van der Waals surface area contributed by atoms with Crippen LogP contribution in [-0.4, -0.2) is 70.5 Å². The standard InChI is InChI=1S/C50H72N2O7/c1-8-26-52(46(55)25-21-36-16-10-11-17-36)45-33-43(51-59-49(5,6)7)41-31-37(18-12-14-27-53)40(19-13-15-28-54)47-42-32-39(57-38-22-20-34(3)35(4)30-38)23-24-44(42)58-50(45,48(41)47)56-29-9-2/h9,20,22-24,30-32,36-37,40,45,47-48,53-54H,2,8,10-19,21,25-29,33H2,1,3-7H3. The van der Waals surface area contributed by atoms with Gasteiger partial charge in [0.2, 0.25) is 11.7 Å². The Kier molecular flexibility index (Phi) is 15.4. The molecule has 6 rings (SSSR count). The number of rotatable bonds is 20. The van der Waals surface area contributed by atoms with Crippen LogP contribution in [0.15, 0.2) is 65.9 Å². The molecule has 0 bridgehead atoms. The summed E-state index contributed by atoms with van der Waals surface area (Å²) in [7, 11) is 0. The summed E-state index contributed by atoms with van der Waals surface area (Å²) >= 11 is 0. The van der Waals surface area contributed by atoms with Gasteiger partial charge < -0.3 is 34.2 Å². The Hall–Kier alpha value is -3.66. The first kappa shape index (κ1) is 44.9. The van der Waals surface area contributed by atoms with E-state index < -0.39 is 17.4 Å². The largest absolute Gasteiger partial charge is 0.459 e. The number of hydrogen-bond acceptors (Lipinski definition) is 8. The first-order valence-corrected chi connectivity index (χ1v) is 22.7. The van der Waals surface area contributed by atoms with Crippen LogP contribution in [0.4, 0.5) is 0 Å². The highest BCUT2D eigenvalue weighted by molar-refractivity contribution is 6.03. The number of allylic oxidation sites excluding steroid dienone is 1. The van der Waals surface area contributed by atoms with Gasteiger partial charge in [-0.3, -0.25) is 4.79 Å². The quantitative estimate of drug-likeness (QED) is 0.0778. The number of aliphatic hydroxyl groups excluding tert-OH is 2. The number of aryl methyl sites for hydroxylation is 2. The van der Waals surface area contributed by atoms with Gasteiger partial charge in [-0.05, 0) is 138 Å². The lowest BCUT2D eigenvalue weighted by atomic mass is 9.55. The van der Waals surface area contributed by atoms with Gasteiger partial charge in [0.15, 0.2) is 0 Å². The number of carbonyl (C=O) groups excluding carboxylic acids is 1. The highest BCUT2D eigenvalue weighted by atomic mass is 16.7. The minimum Gasteiger partial charge on any atom is -0.459 e. The van der Waals surface area contributed by atoms with Gasteiger partial charge in [0, 0.05) is 44.1 Å². The lowest BCUT2D eigenvalue weighted by molar-refractivity contribution is -0.257. The fraction of sp³-hybridized carbons (Fsp3) is 0.640. The van der Waals surface area contributed by atoms with Crippen molar-refractivity contribution in [1.29, 1.82) is 0 Å². The van der Waals surface area contributed by atoms with E-state index in [0.717, 1.165) is 84.6 Å². The molecule has 9 heteroatoms. The first-order valence-electron chi connectivity index (χ1n) is 22.7. The molecule has 2 aromatic rings. The Labute approximate surface area is 354 Å². The van der Waals surface area contributed by atoms with E-state index in [1.165, 1.54) is 31.2 Å². The number of carbonyl (C=O) groups is 1. The van der Waals surface area contributed by atoms with Crippen molar-refractivity contribution in [3.8, 4) is 17.2 Å². The van der Waals surface area contributed by atoms with Crippen molar-refractivity contribution < 1.29 is 34.1 Å². The van der Waals surface area contributed by atoms with E-state index in [9.17, 15) is 15.0 Å². The van der Waals surface area contributed by atoms with Crippen molar-refractivity contribution in [3.05, 3.63) is 77.4 Å². The third kappa shape index (κ3) is 10.5. The molecule has 9 nitrogen and oxygen atoms in total. The topological polar surface area (TPSA) is 110 Å². The van der Waals surface area contributed by atoms with Crippen molar-refractivity contribution >= 4 is 11.6 Å². The summed E-state index contributed by atoms with van der Waals surface area (Å²) in [5, 5.41) is 24.9. The summed E-state index contributed by atoms with van der Waals surface area (Å²) in [4.78, 5) is 23.1. The molecule has 6 atom stereocenters. The third-order valence-electron chi connectivity index (χ3n) is 13.2. The molecule has 2 saturated carbocycles. The normalized spacial score (nSPS) is 25.8. The number of nitrogens with zero attached hydrogens (tertiary/aromatic N) is 2. The molecule has 2 aromatic carbocycles. The zero-order valence-corrected chi connectivity index (χ0v) is 36.8. The summed E-state index contributed by atoms with van der Waals surface area (Å²) in [6.07, 6.45) is 16.6.